The summed E-state index contributed by atoms with van der Waals surface area (Å²) in [5.74, 6) is 0.448. The largest absolute Gasteiger partial charge is 0.507 e. The lowest BCUT2D eigenvalue weighted by Crippen LogP contribution is -2.17. The molecule has 5 heteroatoms. The van der Waals surface area contributed by atoms with E-state index in [1.54, 1.807) is 25.1 Å². The Bertz CT molecular complexity index is 1070. The molecule has 0 fully saturated rings. The number of hydrogen-bond acceptors (Lipinski definition) is 4. The summed E-state index contributed by atoms with van der Waals surface area (Å²) in [6.45, 7) is 14.8. The van der Waals surface area contributed by atoms with Crippen molar-refractivity contribution < 1.29 is 14.6 Å². The molecule has 0 bridgehead atoms. The van der Waals surface area contributed by atoms with Crippen LogP contribution in [0.4, 0.5) is 0 Å². The normalized spacial score (nSPS) is 12.4. The SMILES string of the molecule is CCOC(=O)c1ccc2nc(-c3cc(C(C)(C)C)cc(C(C)(C)C)c3O)[nH]c2c1. The summed E-state index contributed by atoms with van der Waals surface area (Å²) in [5.41, 5.74) is 4.30. The molecule has 29 heavy (non-hydrogen) atoms. The standard InChI is InChI=1S/C24H30N2O3/c1-8-29-22(28)14-9-10-18-19(11-14)26-21(25-18)16-12-15(23(2,3)4)13-17(20(16)27)24(5,6)7/h9-13,27H,8H2,1-7H3,(H,25,26). The number of phenolic OH excluding ortho intramolecular Hbond substituents is 1. The summed E-state index contributed by atoms with van der Waals surface area (Å²) in [4.78, 5) is 20.0. The van der Waals surface area contributed by atoms with Crippen molar-refractivity contribution in [3.63, 3.8) is 0 Å². The van der Waals surface area contributed by atoms with Crippen LogP contribution in [0.3, 0.4) is 0 Å². The molecule has 5 nitrogen and oxygen atoms in total. The van der Waals surface area contributed by atoms with Gasteiger partial charge < -0.3 is 14.8 Å². The minimum Gasteiger partial charge on any atom is -0.507 e. The van der Waals surface area contributed by atoms with Gasteiger partial charge in [-0.25, -0.2) is 9.78 Å². The quantitative estimate of drug-likeness (QED) is 0.558. The zero-order valence-corrected chi connectivity index (χ0v) is 18.3. The van der Waals surface area contributed by atoms with E-state index in [1.165, 1.54) is 0 Å². The minimum atomic E-state index is -0.363. The van der Waals surface area contributed by atoms with Gasteiger partial charge in [-0.3, -0.25) is 0 Å². The lowest BCUT2D eigenvalue weighted by molar-refractivity contribution is 0.0526. The Balaban J connectivity index is 2.19. The zero-order valence-electron chi connectivity index (χ0n) is 18.3. The number of fused-ring (bicyclic) bond motifs is 1. The number of aromatic hydroxyl groups is 1. The predicted octanol–water partition coefficient (Wildman–Crippen LogP) is 5.71. The Kier molecular flexibility index (Phi) is 5.20. The maximum Gasteiger partial charge on any atom is 0.338 e. The van der Waals surface area contributed by atoms with Crippen LogP contribution in [0.25, 0.3) is 22.4 Å². The van der Waals surface area contributed by atoms with E-state index in [-0.39, 0.29) is 22.5 Å². The number of H-pyrrole nitrogens is 1. The van der Waals surface area contributed by atoms with Gasteiger partial charge in [0, 0.05) is 5.56 Å². The molecule has 0 aliphatic heterocycles. The number of carbonyl (C=O) groups excluding carboxylic acids is 1. The van der Waals surface area contributed by atoms with Crippen LogP contribution in [-0.4, -0.2) is 27.7 Å². The summed E-state index contributed by atoms with van der Waals surface area (Å²) < 4.78 is 5.08. The van der Waals surface area contributed by atoms with Crippen molar-refractivity contribution >= 4 is 17.0 Å². The number of nitrogens with zero attached hydrogens (tertiary/aromatic N) is 1. The Morgan fingerprint density at radius 1 is 1.07 bits per heavy atom. The number of aromatic nitrogens is 2. The molecular formula is C24H30N2O3. The number of hydrogen-bond donors (Lipinski definition) is 2. The van der Waals surface area contributed by atoms with Crippen molar-refractivity contribution in [1.82, 2.24) is 9.97 Å². The number of benzene rings is 2. The Morgan fingerprint density at radius 3 is 2.34 bits per heavy atom. The highest BCUT2D eigenvalue weighted by Gasteiger charge is 2.26. The van der Waals surface area contributed by atoms with Crippen LogP contribution < -0.4 is 0 Å². The first-order valence-corrected chi connectivity index (χ1v) is 9.97. The fraction of sp³-hybridized carbons (Fsp3) is 0.417. The third-order valence-corrected chi connectivity index (χ3v) is 5.03. The molecule has 0 unspecified atom stereocenters. The van der Waals surface area contributed by atoms with Gasteiger partial charge in [0.2, 0.25) is 0 Å². The van der Waals surface area contributed by atoms with Crippen molar-refractivity contribution in [3.05, 3.63) is 47.0 Å². The van der Waals surface area contributed by atoms with E-state index in [2.05, 4.69) is 57.6 Å². The van der Waals surface area contributed by atoms with Crippen LogP contribution in [0.5, 0.6) is 5.75 Å². The maximum atomic E-state index is 12.0. The highest BCUT2D eigenvalue weighted by molar-refractivity contribution is 5.94. The second kappa shape index (κ2) is 7.21. The molecule has 1 heterocycles. The number of phenols is 1. The first-order valence-electron chi connectivity index (χ1n) is 9.97. The van der Waals surface area contributed by atoms with E-state index < -0.39 is 0 Å². The molecule has 2 N–H and O–H groups in total. The molecule has 3 rings (SSSR count). The van der Waals surface area contributed by atoms with Gasteiger partial charge in [0.05, 0.1) is 28.8 Å². The van der Waals surface area contributed by atoms with Crippen molar-refractivity contribution in [2.75, 3.05) is 6.61 Å². The van der Waals surface area contributed by atoms with Crippen LogP contribution in [0.2, 0.25) is 0 Å². The molecule has 3 aromatic rings. The van der Waals surface area contributed by atoms with Gasteiger partial charge >= 0.3 is 5.97 Å². The van der Waals surface area contributed by atoms with Crippen molar-refractivity contribution in [1.29, 1.82) is 0 Å². The number of imidazole rings is 1. The maximum absolute atomic E-state index is 12.0. The summed E-state index contributed by atoms with van der Waals surface area (Å²) in [6, 6.07) is 9.31. The second-order valence-electron chi connectivity index (χ2n) is 9.46. The van der Waals surface area contributed by atoms with Crippen molar-refractivity contribution in [2.24, 2.45) is 0 Å². The number of nitrogens with one attached hydrogen (secondary N) is 1. The summed E-state index contributed by atoms with van der Waals surface area (Å²) in [6.07, 6.45) is 0. The molecule has 0 atom stereocenters. The Morgan fingerprint density at radius 2 is 1.76 bits per heavy atom. The number of esters is 1. The fourth-order valence-corrected chi connectivity index (χ4v) is 3.30. The van der Waals surface area contributed by atoms with E-state index in [1.807, 2.05) is 6.07 Å². The van der Waals surface area contributed by atoms with E-state index in [0.29, 0.717) is 23.6 Å². The fourth-order valence-electron chi connectivity index (χ4n) is 3.30. The van der Waals surface area contributed by atoms with Crippen molar-refractivity contribution in [3.8, 4) is 17.1 Å². The van der Waals surface area contributed by atoms with Gasteiger partial charge in [-0.1, -0.05) is 47.6 Å². The van der Waals surface area contributed by atoms with Gasteiger partial charge in [-0.2, -0.15) is 0 Å². The average molecular weight is 395 g/mol. The predicted molar refractivity (Wildman–Crippen MR) is 117 cm³/mol. The first kappa shape index (κ1) is 20.9. The van der Waals surface area contributed by atoms with E-state index >= 15 is 0 Å². The summed E-state index contributed by atoms with van der Waals surface area (Å²) in [5, 5.41) is 11.1. The van der Waals surface area contributed by atoms with Gasteiger partial charge in [0.1, 0.15) is 11.6 Å². The minimum absolute atomic E-state index is 0.0778. The van der Waals surface area contributed by atoms with Crippen LogP contribution in [0, 0.1) is 0 Å². The lowest BCUT2D eigenvalue weighted by Gasteiger charge is -2.27. The molecule has 0 aliphatic rings. The topological polar surface area (TPSA) is 75.2 Å². The highest BCUT2D eigenvalue weighted by Crippen LogP contribution is 2.41. The monoisotopic (exact) mass is 394 g/mol. The van der Waals surface area contributed by atoms with Gasteiger partial charge in [-0.05, 0) is 47.6 Å². The first-order chi connectivity index (χ1) is 13.4. The average Bonchev–Trinajstić information content (AvgIpc) is 3.02. The van der Waals surface area contributed by atoms with E-state index in [4.69, 9.17) is 4.74 Å². The van der Waals surface area contributed by atoms with Crippen LogP contribution in [0.15, 0.2) is 30.3 Å². The van der Waals surface area contributed by atoms with Gasteiger partial charge in [-0.15, -0.1) is 0 Å². The van der Waals surface area contributed by atoms with E-state index in [9.17, 15) is 9.90 Å². The molecule has 0 spiro atoms. The third-order valence-electron chi connectivity index (χ3n) is 5.03. The molecule has 0 amide bonds. The number of carbonyl (C=O) groups is 1. The number of ether oxygens (including phenoxy) is 1. The highest BCUT2D eigenvalue weighted by atomic mass is 16.5. The molecule has 0 saturated heterocycles. The Hall–Kier alpha value is -2.82. The molecular weight excluding hydrogens is 364 g/mol. The molecule has 0 saturated carbocycles. The van der Waals surface area contributed by atoms with Gasteiger partial charge in [0.25, 0.3) is 0 Å². The van der Waals surface area contributed by atoms with E-state index in [0.717, 1.165) is 22.2 Å². The lowest BCUT2D eigenvalue weighted by atomic mass is 9.79. The summed E-state index contributed by atoms with van der Waals surface area (Å²) >= 11 is 0. The number of aromatic amines is 1. The molecule has 0 aliphatic carbocycles. The van der Waals surface area contributed by atoms with Crippen LogP contribution in [0.1, 0.15) is 70.0 Å². The van der Waals surface area contributed by atoms with Crippen molar-refractivity contribution in [2.45, 2.75) is 59.3 Å². The van der Waals surface area contributed by atoms with Crippen LogP contribution in [-0.2, 0) is 15.6 Å². The zero-order chi connectivity index (χ0) is 21.6. The molecule has 0 radical (unpaired) electrons. The van der Waals surface area contributed by atoms with Gasteiger partial charge in [0.15, 0.2) is 0 Å². The summed E-state index contributed by atoms with van der Waals surface area (Å²) in [7, 11) is 0. The third kappa shape index (κ3) is 4.14. The Labute approximate surface area is 172 Å². The molecule has 154 valence electrons. The smallest absolute Gasteiger partial charge is 0.338 e. The number of rotatable bonds is 3. The second-order valence-corrected chi connectivity index (χ2v) is 9.46. The van der Waals surface area contributed by atoms with Crippen LogP contribution >= 0.6 is 0 Å². The molecule has 1 aromatic heterocycles. The molecule has 2 aromatic carbocycles.